The highest BCUT2D eigenvalue weighted by Crippen LogP contribution is 2.43. The normalized spacial score (nSPS) is 11.9. The zero-order chi connectivity index (χ0) is 40.0. The largest absolute Gasteiger partial charge is 0.456 e. The Morgan fingerprint density at radius 1 is 0.393 bits per heavy atom. The molecule has 13 rings (SSSR count). The Morgan fingerprint density at radius 2 is 1.03 bits per heavy atom. The third kappa shape index (κ3) is 5.36. The van der Waals surface area contributed by atoms with Gasteiger partial charge in [-0.15, -0.1) is 11.3 Å². The summed E-state index contributed by atoms with van der Waals surface area (Å²) in [6.45, 7) is 0. The Labute approximate surface area is 353 Å². The minimum Gasteiger partial charge on any atom is -0.456 e. The van der Waals surface area contributed by atoms with Gasteiger partial charge < -0.3 is 4.42 Å². The lowest BCUT2D eigenvalue weighted by molar-refractivity contribution is 0.669. The van der Waals surface area contributed by atoms with E-state index in [1.54, 1.807) is 0 Å². The highest BCUT2D eigenvalue weighted by molar-refractivity contribution is 7.25. The highest BCUT2D eigenvalue weighted by atomic mass is 32.1. The van der Waals surface area contributed by atoms with Crippen LogP contribution in [0.25, 0.3) is 126 Å². The molecule has 0 aliphatic heterocycles. The van der Waals surface area contributed by atoms with Gasteiger partial charge in [-0.25, -0.2) is 4.98 Å². The SMILES string of the molecule is c1ccc(-c2nc(-c3ccc4c(c3)oc3ccccc34)nc(-n3c4cc5ccccc5cc4c4cccc(-c5cccc(-c6cccc7sc8ccccc8c67)c5)c43)n2)cc1. The number of fused-ring (bicyclic) bond motifs is 10. The van der Waals surface area contributed by atoms with Crippen LogP contribution in [0.15, 0.2) is 199 Å². The van der Waals surface area contributed by atoms with Crippen LogP contribution in [0.4, 0.5) is 0 Å². The number of furan rings is 1. The van der Waals surface area contributed by atoms with E-state index in [9.17, 15) is 0 Å². The zero-order valence-corrected chi connectivity index (χ0v) is 33.4. The molecule has 0 saturated carbocycles. The van der Waals surface area contributed by atoms with E-state index >= 15 is 0 Å². The van der Waals surface area contributed by atoms with Crippen molar-refractivity contribution in [3.05, 3.63) is 194 Å². The van der Waals surface area contributed by atoms with Gasteiger partial charge in [-0.2, -0.15) is 9.97 Å². The second kappa shape index (κ2) is 13.3. The summed E-state index contributed by atoms with van der Waals surface area (Å²) in [6, 6.07) is 68.7. The molecule has 0 atom stereocenters. The maximum atomic E-state index is 6.36. The van der Waals surface area contributed by atoms with E-state index in [0.29, 0.717) is 17.6 Å². The number of benzene rings is 9. The first kappa shape index (κ1) is 34.0. The average Bonchev–Trinajstić information content (AvgIpc) is 4.00. The van der Waals surface area contributed by atoms with Crippen LogP contribution in [0.5, 0.6) is 0 Å². The molecule has 0 aliphatic rings. The quantitative estimate of drug-likeness (QED) is 0.174. The number of thiophene rings is 1. The topological polar surface area (TPSA) is 56.7 Å². The number of hydrogen-bond acceptors (Lipinski definition) is 5. The molecule has 0 fully saturated rings. The molecule has 0 saturated heterocycles. The standard InChI is InChI=1S/C55H32N4OS/c1-2-13-33(14-3-1)53-56-54(38-27-28-42-41-19-6-8-24-47(41)60-48(42)32-38)58-55(57-53)59-46-31-35-16-5-4-15-34(35)30-45(46)43-23-11-22-40(52(43)59)37-18-10-17-36(29-37)39-21-12-26-50-51(39)44-20-7-9-25-49(44)61-50/h1-32H. The van der Waals surface area contributed by atoms with Gasteiger partial charge in [0.05, 0.1) is 11.0 Å². The van der Waals surface area contributed by atoms with Crippen LogP contribution in [-0.2, 0) is 0 Å². The molecular weight excluding hydrogens is 765 g/mol. The van der Waals surface area contributed by atoms with E-state index in [-0.39, 0.29) is 0 Å². The first-order chi connectivity index (χ1) is 30.2. The summed E-state index contributed by atoms with van der Waals surface area (Å²) in [5.41, 5.74) is 10.1. The third-order valence-electron chi connectivity index (χ3n) is 12.0. The van der Waals surface area contributed by atoms with E-state index in [2.05, 4.69) is 162 Å². The molecular formula is C55H32N4OS. The van der Waals surface area contributed by atoms with E-state index in [1.165, 1.54) is 36.7 Å². The van der Waals surface area contributed by atoms with Gasteiger partial charge in [0.1, 0.15) is 11.2 Å². The molecule has 4 heterocycles. The number of para-hydroxylation sites is 2. The summed E-state index contributed by atoms with van der Waals surface area (Å²) in [6.07, 6.45) is 0. The fourth-order valence-corrected chi connectivity index (χ4v) is 10.4. The molecule has 284 valence electrons. The Morgan fingerprint density at radius 3 is 1.92 bits per heavy atom. The zero-order valence-electron chi connectivity index (χ0n) is 32.6. The molecule has 61 heavy (non-hydrogen) atoms. The number of rotatable bonds is 5. The molecule has 0 N–H and O–H groups in total. The number of nitrogens with zero attached hydrogens (tertiary/aromatic N) is 4. The summed E-state index contributed by atoms with van der Waals surface area (Å²) in [5, 5.41) is 9.31. The molecule has 6 heteroatoms. The molecule has 0 amide bonds. The molecule has 0 spiro atoms. The lowest BCUT2D eigenvalue weighted by Crippen LogP contribution is -2.07. The van der Waals surface area contributed by atoms with Gasteiger partial charge in [0.25, 0.3) is 0 Å². The maximum absolute atomic E-state index is 6.36. The fraction of sp³-hybridized carbons (Fsp3) is 0. The van der Waals surface area contributed by atoms with Crippen molar-refractivity contribution < 1.29 is 4.42 Å². The van der Waals surface area contributed by atoms with Crippen LogP contribution in [-0.4, -0.2) is 19.5 Å². The van der Waals surface area contributed by atoms with E-state index in [4.69, 9.17) is 19.4 Å². The van der Waals surface area contributed by atoms with Gasteiger partial charge in [0.15, 0.2) is 11.6 Å². The Hall–Kier alpha value is -7.93. The van der Waals surface area contributed by atoms with Crippen molar-refractivity contribution in [1.82, 2.24) is 19.5 Å². The molecule has 0 bridgehead atoms. The van der Waals surface area contributed by atoms with E-state index in [0.717, 1.165) is 71.4 Å². The van der Waals surface area contributed by atoms with Crippen molar-refractivity contribution in [2.75, 3.05) is 0 Å². The summed E-state index contributed by atoms with van der Waals surface area (Å²) in [5.74, 6) is 1.70. The third-order valence-corrected chi connectivity index (χ3v) is 13.2. The minimum absolute atomic E-state index is 0.543. The first-order valence-electron chi connectivity index (χ1n) is 20.4. The van der Waals surface area contributed by atoms with E-state index in [1.807, 2.05) is 47.7 Å². The second-order valence-electron chi connectivity index (χ2n) is 15.6. The predicted molar refractivity (Wildman–Crippen MR) is 254 cm³/mol. The average molecular weight is 797 g/mol. The van der Waals surface area contributed by atoms with Gasteiger partial charge in [-0.05, 0) is 76.0 Å². The summed E-state index contributed by atoms with van der Waals surface area (Å²) in [7, 11) is 0. The monoisotopic (exact) mass is 796 g/mol. The van der Waals surface area contributed by atoms with Crippen molar-refractivity contribution in [2.24, 2.45) is 0 Å². The number of hydrogen-bond donors (Lipinski definition) is 0. The Balaban J connectivity index is 1.09. The Bertz CT molecular complexity index is 3900. The maximum Gasteiger partial charge on any atom is 0.238 e. The minimum atomic E-state index is 0.543. The predicted octanol–water partition coefficient (Wildman–Crippen LogP) is 15.1. The van der Waals surface area contributed by atoms with Crippen LogP contribution < -0.4 is 0 Å². The van der Waals surface area contributed by atoms with Gasteiger partial charge >= 0.3 is 0 Å². The molecule has 5 nitrogen and oxygen atoms in total. The van der Waals surface area contributed by atoms with Crippen molar-refractivity contribution >= 4 is 86.0 Å². The van der Waals surface area contributed by atoms with Gasteiger partial charge in [-0.1, -0.05) is 146 Å². The smallest absolute Gasteiger partial charge is 0.238 e. The van der Waals surface area contributed by atoms with Crippen molar-refractivity contribution in [3.8, 4) is 51.0 Å². The van der Waals surface area contributed by atoms with Crippen molar-refractivity contribution in [1.29, 1.82) is 0 Å². The first-order valence-corrected chi connectivity index (χ1v) is 21.2. The van der Waals surface area contributed by atoms with Gasteiger partial charge in [0, 0.05) is 58.4 Å². The van der Waals surface area contributed by atoms with Crippen LogP contribution in [0.3, 0.4) is 0 Å². The van der Waals surface area contributed by atoms with Gasteiger partial charge in [0.2, 0.25) is 5.95 Å². The molecule has 0 aliphatic carbocycles. The number of aromatic nitrogens is 4. The molecule has 13 aromatic rings. The molecule has 4 aromatic heterocycles. The van der Waals surface area contributed by atoms with Crippen LogP contribution in [0, 0.1) is 0 Å². The lowest BCUT2D eigenvalue weighted by Gasteiger charge is -2.14. The molecule has 9 aromatic carbocycles. The molecule has 0 radical (unpaired) electrons. The molecule has 0 unspecified atom stereocenters. The lowest BCUT2D eigenvalue weighted by atomic mass is 9.95. The fourth-order valence-electron chi connectivity index (χ4n) is 9.24. The Kier molecular flexibility index (Phi) is 7.41. The van der Waals surface area contributed by atoms with Gasteiger partial charge in [-0.3, -0.25) is 4.57 Å². The summed E-state index contributed by atoms with van der Waals surface area (Å²) < 4.78 is 11.2. The van der Waals surface area contributed by atoms with Crippen LogP contribution in [0.1, 0.15) is 0 Å². The van der Waals surface area contributed by atoms with Crippen LogP contribution in [0.2, 0.25) is 0 Å². The van der Waals surface area contributed by atoms with Crippen molar-refractivity contribution in [3.63, 3.8) is 0 Å². The van der Waals surface area contributed by atoms with Crippen LogP contribution >= 0.6 is 11.3 Å². The second-order valence-corrected chi connectivity index (χ2v) is 16.7. The summed E-state index contributed by atoms with van der Waals surface area (Å²) >= 11 is 1.85. The van der Waals surface area contributed by atoms with E-state index < -0.39 is 0 Å². The summed E-state index contributed by atoms with van der Waals surface area (Å²) in [4.78, 5) is 15.8. The van der Waals surface area contributed by atoms with Crippen molar-refractivity contribution in [2.45, 2.75) is 0 Å². The highest BCUT2D eigenvalue weighted by Gasteiger charge is 2.22.